The molecule has 2 aliphatic rings. The van der Waals surface area contributed by atoms with Crippen LogP contribution < -0.4 is 0 Å². The largest absolute Gasteiger partial charge is 0.420 e. The zero-order chi connectivity index (χ0) is 18.3. The molecule has 0 aliphatic carbocycles. The van der Waals surface area contributed by atoms with Gasteiger partial charge in [0.2, 0.25) is 0 Å². The van der Waals surface area contributed by atoms with Crippen molar-refractivity contribution >= 4 is 74.3 Å². The van der Waals surface area contributed by atoms with Crippen molar-refractivity contribution in [1.82, 2.24) is 0 Å². The summed E-state index contributed by atoms with van der Waals surface area (Å²) in [5, 5.41) is 0. The van der Waals surface area contributed by atoms with Crippen molar-refractivity contribution in [2.45, 2.75) is 52.4 Å². The molecule has 0 spiro atoms. The Balaban J connectivity index is 0.000000240. The Kier molecular flexibility index (Phi) is 11.7. The van der Waals surface area contributed by atoms with Crippen LogP contribution in [-0.4, -0.2) is 74.3 Å². The first-order valence-electron chi connectivity index (χ1n) is 8.39. The summed E-state index contributed by atoms with van der Waals surface area (Å²) in [5.41, 5.74) is 0. The molecule has 0 aromatic rings. The van der Waals surface area contributed by atoms with Gasteiger partial charge in [-0.1, -0.05) is 0 Å². The summed E-state index contributed by atoms with van der Waals surface area (Å²) in [4.78, 5) is 0. The van der Waals surface area contributed by atoms with Crippen LogP contribution in [0.2, 0.25) is 52.4 Å². The molecule has 144 valence electrons. The summed E-state index contributed by atoms with van der Waals surface area (Å²) in [5.74, 6) is 0. The van der Waals surface area contributed by atoms with E-state index in [0.29, 0.717) is 0 Å². The van der Waals surface area contributed by atoms with Gasteiger partial charge >= 0.3 is 0 Å². The third-order valence-electron chi connectivity index (χ3n) is 3.07. The highest BCUT2D eigenvalue weighted by Crippen LogP contribution is 2.07. The Morgan fingerprint density at radius 3 is 0.417 bits per heavy atom. The molecule has 0 unspecified atom stereocenters. The van der Waals surface area contributed by atoms with E-state index >= 15 is 0 Å². The monoisotopic (exact) mass is 480 g/mol. The fraction of sp³-hybridized carbons (Fsp3) is 1.00. The molecule has 2 rings (SSSR count). The van der Waals surface area contributed by atoms with E-state index in [2.05, 4.69) is 0 Å². The first kappa shape index (κ1) is 23.5. The average Bonchev–Trinajstić information content (AvgIpc) is 2.33. The van der Waals surface area contributed by atoms with Gasteiger partial charge in [-0.3, -0.25) is 0 Å². The standard InChI is InChI=1S/2C4H16O4Si4/c2*1-9-5-10(2)7-12(4)8-11(3)6-9/h2*9-12H,1-4H3. The zero-order valence-electron chi connectivity index (χ0n) is 15.9. The Morgan fingerprint density at radius 1 is 0.250 bits per heavy atom. The van der Waals surface area contributed by atoms with Crippen LogP contribution in [0.15, 0.2) is 0 Å². The molecule has 2 heterocycles. The predicted molar refractivity (Wildman–Crippen MR) is 113 cm³/mol. The molecule has 0 aromatic heterocycles. The van der Waals surface area contributed by atoms with Gasteiger partial charge in [-0.25, -0.2) is 0 Å². The second kappa shape index (κ2) is 12.0. The molecule has 0 bridgehead atoms. The zero-order valence-corrected chi connectivity index (χ0v) is 25.1. The Hall–Kier alpha value is 1.42. The Labute approximate surface area is 159 Å². The molecule has 0 N–H and O–H groups in total. The molecule has 2 aliphatic heterocycles. The summed E-state index contributed by atoms with van der Waals surface area (Å²) in [6, 6.07) is 0. The molecular formula is C8H32O8Si8. The van der Waals surface area contributed by atoms with Crippen molar-refractivity contribution < 1.29 is 32.9 Å². The van der Waals surface area contributed by atoms with Crippen LogP contribution in [0.5, 0.6) is 0 Å². The molecule has 0 saturated carbocycles. The van der Waals surface area contributed by atoms with Gasteiger partial charge in [0, 0.05) is 0 Å². The van der Waals surface area contributed by atoms with Crippen LogP contribution in [0.1, 0.15) is 0 Å². The Bertz CT molecular complexity index is 246. The summed E-state index contributed by atoms with van der Waals surface area (Å²) >= 11 is 0. The predicted octanol–water partition coefficient (Wildman–Crippen LogP) is -1.06. The molecule has 2 fully saturated rings. The molecule has 2 saturated heterocycles. The molecule has 0 radical (unpaired) electrons. The quantitative estimate of drug-likeness (QED) is 0.406. The second-order valence-electron chi connectivity index (χ2n) is 5.63. The smallest absolute Gasteiger partial charge is 0.300 e. The molecule has 16 heteroatoms. The molecule has 8 nitrogen and oxygen atoms in total. The summed E-state index contributed by atoms with van der Waals surface area (Å²) < 4.78 is 45.2. The van der Waals surface area contributed by atoms with E-state index in [4.69, 9.17) is 32.9 Å². The summed E-state index contributed by atoms with van der Waals surface area (Å²) in [6.07, 6.45) is 0. The van der Waals surface area contributed by atoms with Crippen LogP contribution >= 0.6 is 0 Å². The van der Waals surface area contributed by atoms with Crippen molar-refractivity contribution in [3.63, 3.8) is 0 Å². The van der Waals surface area contributed by atoms with Gasteiger partial charge in [0.25, 0.3) is 74.3 Å². The van der Waals surface area contributed by atoms with Gasteiger partial charge in [0.05, 0.1) is 0 Å². The molecule has 0 aromatic carbocycles. The number of hydrogen-bond donors (Lipinski definition) is 0. The van der Waals surface area contributed by atoms with Gasteiger partial charge in [-0.2, -0.15) is 0 Å². The van der Waals surface area contributed by atoms with Crippen LogP contribution in [0, 0.1) is 0 Å². The van der Waals surface area contributed by atoms with Crippen LogP contribution in [-0.2, 0) is 32.9 Å². The maximum Gasteiger partial charge on any atom is 0.300 e. The lowest BCUT2D eigenvalue weighted by molar-refractivity contribution is 0.293. The van der Waals surface area contributed by atoms with E-state index in [1.165, 1.54) is 0 Å². The highest BCUT2D eigenvalue weighted by molar-refractivity contribution is 6.73. The maximum absolute atomic E-state index is 5.65. The van der Waals surface area contributed by atoms with Crippen LogP contribution in [0.3, 0.4) is 0 Å². The minimum atomic E-state index is -1.42. The Morgan fingerprint density at radius 2 is 0.333 bits per heavy atom. The molecule has 24 heavy (non-hydrogen) atoms. The van der Waals surface area contributed by atoms with E-state index < -0.39 is 74.3 Å². The third-order valence-corrected chi connectivity index (χ3v) is 27.6. The van der Waals surface area contributed by atoms with E-state index in [-0.39, 0.29) is 0 Å². The SMILES string of the molecule is C[SiH]1O[SiH](C)O[SiH](C)O[SiH](C)O1.C[SiH]1O[SiH](C)O[SiH](C)O[SiH](C)O1. The van der Waals surface area contributed by atoms with Gasteiger partial charge in [-0.15, -0.1) is 0 Å². The first-order chi connectivity index (χ1) is 11.2. The highest BCUT2D eigenvalue weighted by atomic mass is 28.5. The topological polar surface area (TPSA) is 73.8 Å². The number of rotatable bonds is 0. The van der Waals surface area contributed by atoms with Gasteiger partial charge in [0.15, 0.2) is 0 Å². The normalized spacial score (nSPS) is 45.0. The van der Waals surface area contributed by atoms with Crippen molar-refractivity contribution in [2.24, 2.45) is 0 Å². The van der Waals surface area contributed by atoms with Crippen molar-refractivity contribution in [2.75, 3.05) is 0 Å². The lowest BCUT2D eigenvalue weighted by Crippen LogP contribution is -2.44. The fourth-order valence-electron chi connectivity index (χ4n) is 2.42. The third kappa shape index (κ3) is 10.5. The maximum atomic E-state index is 5.65. The van der Waals surface area contributed by atoms with Crippen LogP contribution in [0.25, 0.3) is 0 Å². The lowest BCUT2D eigenvalue weighted by atomic mass is 11.9. The lowest BCUT2D eigenvalue weighted by Gasteiger charge is -2.29. The van der Waals surface area contributed by atoms with E-state index in [1.54, 1.807) is 0 Å². The van der Waals surface area contributed by atoms with Crippen molar-refractivity contribution in [3.8, 4) is 0 Å². The second-order valence-corrected chi connectivity index (χ2v) is 23.4. The average molecular weight is 481 g/mol. The minimum absolute atomic E-state index is 1.42. The summed E-state index contributed by atoms with van der Waals surface area (Å²) in [7, 11) is -11.3. The minimum Gasteiger partial charge on any atom is -0.420 e. The summed E-state index contributed by atoms with van der Waals surface area (Å²) in [6.45, 7) is 16.3. The van der Waals surface area contributed by atoms with E-state index in [1.807, 2.05) is 52.4 Å². The van der Waals surface area contributed by atoms with Gasteiger partial charge < -0.3 is 32.9 Å². The fourth-order valence-corrected chi connectivity index (χ4v) is 26.4. The van der Waals surface area contributed by atoms with Gasteiger partial charge in [-0.05, 0) is 52.4 Å². The first-order valence-corrected chi connectivity index (χ1v) is 25.2. The highest BCUT2D eigenvalue weighted by Gasteiger charge is 2.26. The van der Waals surface area contributed by atoms with E-state index in [9.17, 15) is 0 Å². The molecule has 0 atom stereocenters. The van der Waals surface area contributed by atoms with Gasteiger partial charge in [0.1, 0.15) is 0 Å². The number of hydrogen-bond acceptors (Lipinski definition) is 8. The van der Waals surface area contributed by atoms with Crippen molar-refractivity contribution in [3.05, 3.63) is 0 Å². The van der Waals surface area contributed by atoms with Crippen LogP contribution in [0.4, 0.5) is 0 Å². The van der Waals surface area contributed by atoms with E-state index in [0.717, 1.165) is 0 Å². The molecule has 0 amide bonds. The molecular weight excluding hydrogens is 449 g/mol. The van der Waals surface area contributed by atoms with Crippen molar-refractivity contribution in [1.29, 1.82) is 0 Å².